The Morgan fingerprint density at radius 1 is 1.23 bits per heavy atom. The molecule has 158 valence electrons. The summed E-state index contributed by atoms with van der Waals surface area (Å²) < 4.78 is 16.5. The van der Waals surface area contributed by atoms with Crippen LogP contribution >= 0.6 is 27.7 Å². The number of halogens is 1. The van der Waals surface area contributed by atoms with Gasteiger partial charge in [0.2, 0.25) is 6.79 Å². The molecule has 31 heavy (non-hydrogen) atoms. The van der Waals surface area contributed by atoms with Crippen LogP contribution < -0.4 is 9.47 Å². The zero-order valence-electron chi connectivity index (χ0n) is 16.3. The molecule has 0 spiro atoms. The van der Waals surface area contributed by atoms with Gasteiger partial charge in [-0.1, -0.05) is 45.9 Å². The number of benzene rings is 2. The van der Waals surface area contributed by atoms with Crippen molar-refractivity contribution >= 4 is 50.7 Å². The molecule has 2 aromatic rings. The maximum absolute atomic E-state index is 12.6. The summed E-state index contributed by atoms with van der Waals surface area (Å²) in [6.45, 7) is 1.91. The number of hydrogen-bond acceptors (Lipinski definition) is 7. The number of nitrogens with zero attached hydrogens (tertiary/aromatic N) is 1. The number of esters is 1. The van der Waals surface area contributed by atoms with E-state index in [0.29, 0.717) is 32.0 Å². The smallest absolute Gasteiger partial charge is 0.344 e. The molecular weight excluding hydrogens is 486 g/mol. The van der Waals surface area contributed by atoms with Gasteiger partial charge >= 0.3 is 5.97 Å². The van der Waals surface area contributed by atoms with Gasteiger partial charge in [-0.2, -0.15) is 0 Å². The van der Waals surface area contributed by atoms with Gasteiger partial charge in [0.25, 0.3) is 5.91 Å². The first-order valence-electron chi connectivity index (χ1n) is 9.25. The molecule has 0 radical (unpaired) electrons. The van der Waals surface area contributed by atoms with Gasteiger partial charge < -0.3 is 19.3 Å². The number of carbonyl (C=O) groups excluding carboxylic acids is 2. The zero-order chi connectivity index (χ0) is 22.0. The van der Waals surface area contributed by atoms with Crippen LogP contribution in [0.25, 0.3) is 6.08 Å². The molecule has 7 nitrogen and oxygen atoms in total. The van der Waals surface area contributed by atoms with E-state index < -0.39 is 11.9 Å². The van der Waals surface area contributed by atoms with Crippen molar-refractivity contribution in [3.8, 4) is 11.5 Å². The third-order valence-corrected chi connectivity index (χ3v) is 6.08. The summed E-state index contributed by atoms with van der Waals surface area (Å²) in [6, 6.07) is 12.0. The molecule has 1 amide bonds. The molecule has 2 aliphatic heterocycles. The lowest BCUT2D eigenvalue weighted by molar-refractivity contribution is -0.138. The molecule has 2 aromatic carbocycles. The minimum absolute atomic E-state index is 0.0768. The summed E-state index contributed by atoms with van der Waals surface area (Å²) in [4.78, 5) is 29.5. The standard InChI is InChI=1S/C22H16BrNO6S/c1-2-28-22(27)18-19(25)17(9-13-8-15-16(10-14(13)23)30-11-29-15)31-21(18)24-20(26)12-6-4-3-5-7-12/h3-10,25H,2,11H2,1H3/b17-9-,24-21?. The van der Waals surface area contributed by atoms with Gasteiger partial charge in [-0.25, -0.2) is 9.79 Å². The number of carbonyl (C=O) groups is 2. The van der Waals surface area contributed by atoms with Crippen molar-refractivity contribution in [1.82, 2.24) is 0 Å². The van der Waals surface area contributed by atoms with Gasteiger partial charge in [0.15, 0.2) is 11.5 Å². The van der Waals surface area contributed by atoms with Crippen LogP contribution in [0.3, 0.4) is 0 Å². The van der Waals surface area contributed by atoms with E-state index in [9.17, 15) is 14.7 Å². The average molecular weight is 502 g/mol. The Morgan fingerprint density at radius 2 is 1.94 bits per heavy atom. The van der Waals surface area contributed by atoms with E-state index in [-0.39, 0.29) is 29.8 Å². The highest BCUT2D eigenvalue weighted by atomic mass is 79.9. The van der Waals surface area contributed by atoms with E-state index in [2.05, 4.69) is 20.9 Å². The normalized spacial score (nSPS) is 17.5. The Balaban J connectivity index is 1.74. The van der Waals surface area contributed by atoms with Crippen molar-refractivity contribution in [2.45, 2.75) is 6.92 Å². The monoisotopic (exact) mass is 501 g/mol. The fourth-order valence-corrected chi connectivity index (χ4v) is 4.35. The van der Waals surface area contributed by atoms with Gasteiger partial charge in [-0.3, -0.25) is 4.79 Å². The zero-order valence-corrected chi connectivity index (χ0v) is 18.7. The third kappa shape index (κ3) is 4.38. The fraction of sp³-hybridized carbons (Fsp3) is 0.136. The van der Waals surface area contributed by atoms with Crippen molar-refractivity contribution < 1.29 is 28.9 Å². The molecule has 0 aromatic heterocycles. The van der Waals surface area contributed by atoms with E-state index in [1.807, 2.05) is 0 Å². The van der Waals surface area contributed by atoms with Crippen LogP contribution in [0, 0.1) is 0 Å². The number of aliphatic hydroxyl groups is 1. The number of aliphatic hydroxyl groups excluding tert-OH is 1. The van der Waals surface area contributed by atoms with Crippen LogP contribution in [0.1, 0.15) is 22.8 Å². The average Bonchev–Trinajstić information content (AvgIpc) is 3.33. The molecule has 0 saturated carbocycles. The highest BCUT2D eigenvalue weighted by Gasteiger charge is 2.34. The number of ether oxygens (including phenoxy) is 3. The molecule has 0 aliphatic carbocycles. The summed E-state index contributed by atoms with van der Waals surface area (Å²) in [6.07, 6.45) is 1.67. The molecule has 0 fully saturated rings. The first-order chi connectivity index (χ1) is 15.0. The summed E-state index contributed by atoms with van der Waals surface area (Å²) in [5, 5.41) is 10.8. The Bertz CT molecular complexity index is 1160. The van der Waals surface area contributed by atoms with Crippen LogP contribution in [-0.4, -0.2) is 35.4 Å². The van der Waals surface area contributed by atoms with Crippen molar-refractivity contribution in [2.75, 3.05) is 13.4 Å². The summed E-state index contributed by atoms with van der Waals surface area (Å²) >= 11 is 4.48. The van der Waals surface area contributed by atoms with Gasteiger partial charge in [-0.15, -0.1) is 0 Å². The highest BCUT2D eigenvalue weighted by molar-refractivity contribution is 9.10. The first kappa shape index (κ1) is 21.2. The molecule has 1 N–H and O–H groups in total. The van der Waals surface area contributed by atoms with E-state index in [1.54, 1.807) is 55.5 Å². The molecule has 4 rings (SSSR count). The Kier molecular flexibility index (Phi) is 6.15. The molecule has 0 bridgehead atoms. The number of aliphatic imine (C=N–C) groups is 1. The lowest BCUT2D eigenvalue weighted by Gasteiger charge is -2.04. The lowest BCUT2D eigenvalue weighted by atomic mass is 10.1. The predicted molar refractivity (Wildman–Crippen MR) is 120 cm³/mol. The Morgan fingerprint density at radius 3 is 2.65 bits per heavy atom. The number of hydrogen-bond donors (Lipinski definition) is 1. The van der Waals surface area contributed by atoms with E-state index in [0.717, 1.165) is 11.8 Å². The largest absolute Gasteiger partial charge is 0.506 e. The van der Waals surface area contributed by atoms with Crippen LogP contribution in [0.4, 0.5) is 0 Å². The second-order valence-corrected chi connectivity index (χ2v) is 8.25. The number of rotatable bonds is 4. The molecular formula is C22H16BrNO6S. The van der Waals surface area contributed by atoms with Crippen LogP contribution in [0.2, 0.25) is 0 Å². The molecule has 0 saturated heterocycles. The Labute approximate surface area is 190 Å². The first-order valence-corrected chi connectivity index (χ1v) is 10.9. The molecule has 9 heteroatoms. The lowest BCUT2D eigenvalue weighted by Crippen LogP contribution is -2.14. The molecule has 2 heterocycles. The molecule has 0 atom stereocenters. The van der Waals surface area contributed by atoms with Crippen LogP contribution in [0.5, 0.6) is 11.5 Å². The highest BCUT2D eigenvalue weighted by Crippen LogP contribution is 2.42. The minimum atomic E-state index is -0.750. The predicted octanol–water partition coefficient (Wildman–Crippen LogP) is 4.88. The minimum Gasteiger partial charge on any atom is -0.506 e. The molecule has 2 aliphatic rings. The fourth-order valence-electron chi connectivity index (χ4n) is 2.91. The summed E-state index contributed by atoms with van der Waals surface area (Å²) in [5.41, 5.74) is 0.922. The van der Waals surface area contributed by atoms with E-state index in [4.69, 9.17) is 14.2 Å². The van der Waals surface area contributed by atoms with Crippen molar-refractivity contribution in [3.63, 3.8) is 0 Å². The van der Waals surface area contributed by atoms with Crippen LogP contribution in [0.15, 0.2) is 68.2 Å². The van der Waals surface area contributed by atoms with Gasteiger partial charge in [0, 0.05) is 10.0 Å². The quantitative estimate of drug-likeness (QED) is 0.596. The maximum Gasteiger partial charge on any atom is 0.344 e. The van der Waals surface area contributed by atoms with Crippen molar-refractivity contribution in [3.05, 3.63) is 74.3 Å². The number of fused-ring (bicyclic) bond motifs is 1. The summed E-state index contributed by atoms with van der Waals surface area (Å²) in [5.74, 6) is -0.396. The summed E-state index contributed by atoms with van der Waals surface area (Å²) in [7, 11) is 0. The van der Waals surface area contributed by atoms with Gasteiger partial charge in [-0.05, 0) is 42.8 Å². The van der Waals surface area contributed by atoms with E-state index >= 15 is 0 Å². The van der Waals surface area contributed by atoms with Crippen molar-refractivity contribution in [1.29, 1.82) is 0 Å². The second-order valence-electron chi connectivity index (χ2n) is 6.37. The van der Waals surface area contributed by atoms with Crippen LogP contribution in [-0.2, 0) is 9.53 Å². The SMILES string of the molecule is CCOC(=O)C1=C(O)/C(=C/c2cc3c(cc2Br)OCO3)SC1=NC(=O)c1ccccc1. The van der Waals surface area contributed by atoms with Gasteiger partial charge in [0.1, 0.15) is 16.4 Å². The van der Waals surface area contributed by atoms with Crippen molar-refractivity contribution in [2.24, 2.45) is 4.99 Å². The number of thioether (sulfide) groups is 1. The molecule has 0 unspecified atom stereocenters. The second kappa shape index (κ2) is 8.99. The number of amides is 1. The van der Waals surface area contributed by atoms with E-state index in [1.165, 1.54) is 0 Å². The maximum atomic E-state index is 12.6. The third-order valence-electron chi connectivity index (χ3n) is 4.37. The van der Waals surface area contributed by atoms with Gasteiger partial charge in [0.05, 0.1) is 11.5 Å². The topological polar surface area (TPSA) is 94.4 Å². The Hall–Kier alpha value is -3.04.